The summed E-state index contributed by atoms with van der Waals surface area (Å²) in [6, 6.07) is 0. The quantitative estimate of drug-likeness (QED) is 0.361. The largest absolute Gasteiger partial charge is 0.462 e. The van der Waals surface area contributed by atoms with E-state index in [1.54, 1.807) is 0 Å². The molecule has 190 valence electrons. The number of aliphatic hydroxyl groups excluding tert-OH is 2. The van der Waals surface area contributed by atoms with Gasteiger partial charge in [0.2, 0.25) is 0 Å². The fraction of sp³-hybridized carbons (Fsp3) is 0.731. The molecule has 2 bridgehead atoms. The van der Waals surface area contributed by atoms with E-state index in [0.717, 1.165) is 5.57 Å². The van der Waals surface area contributed by atoms with Crippen molar-refractivity contribution < 1.29 is 38.8 Å². The van der Waals surface area contributed by atoms with Gasteiger partial charge in [-0.15, -0.1) is 0 Å². The van der Waals surface area contributed by atoms with Crippen molar-refractivity contribution in [1.29, 1.82) is 0 Å². The third-order valence-electron chi connectivity index (χ3n) is 8.49. The molecule has 34 heavy (non-hydrogen) atoms. The van der Waals surface area contributed by atoms with Crippen molar-refractivity contribution in [1.82, 2.24) is 0 Å². The van der Waals surface area contributed by atoms with Crippen LogP contribution in [0.25, 0.3) is 0 Å². The van der Waals surface area contributed by atoms with Gasteiger partial charge in [-0.2, -0.15) is 0 Å². The Morgan fingerprint density at radius 2 is 1.44 bits per heavy atom. The summed E-state index contributed by atoms with van der Waals surface area (Å²) in [5, 5.41) is 21.8. The van der Waals surface area contributed by atoms with Crippen LogP contribution in [0, 0.1) is 22.7 Å². The van der Waals surface area contributed by atoms with E-state index < -0.39 is 65.2 Å². The summed E-state index contributed by atoms with van der Waals surface area (Å²) in [4.78, 5) is 36.8. The second-order valence-electron chi connectivity index (χ2n) is 10.9. The number of ether oxygens (including phenoxy) is 3. The Morgan fingerprint density at radius 3 is 1.97 bits per heavy atom. The van der Waals surface area contributed by atoms with E-state index in [4.69, 9.17) is 14.2 Å². The minimum atomic E-state index is -1.05. The molecule has 8 atom stereocenters. The van der Waals surface area contributed by atoms with Gasteiger partial charge in [-0.1, -0.05) is 27.4 Å². The average Bonchev–Trinajstić information content (AvgIpc) is 2.69. The minimum absolute atomic E-state index is 0.0538. The standard InChI is InChI=1S/C26H38O8/c1-12-18-9-17-10-19(30)13(2)22(25(17,6)7)23(33-15(4)28)24(34-16(5)29)26(18,8)21(11-20(12)31)32-14(3)27/h17-21,23-24,30-31H,1,9-11H2,2-8H3/t17-,18-,19+,20+,21+,23-,24+,26+/m1/s1. The van der Waals surface area contributed by atoms with Crippen LogP contribution < -0.4 is 0 Å². The van der Waals surface area contributed by atoms with Crippen LogP contribution in [0.5, 0.6) is 0 Å². The Balaban J connectivity index is 2.36. The molecule has 0 radical (unpaired) electrons. The van der Waals surface area contributed by atoms with Crippen molar-refractivity contribution in [3.63, 3.8) is 0 Å². The lowest BCUT2D eigenvalue weighted by Gasteiger charge is -2.59. The van der Waals surface area contributed by atoms with Crippen molar-refractivity contribution in [2.24, 2.45) is 22.7 Å². The summed E-state index contributed by atoms with van der Waals surface area (Å²) in [7, 11) is 0. The van der Waals surface area contributed by atoms with Crippen molar-refractivity contribution >= 4 is 17.9 Å². The molecular weight excluding hydrogens is 440 g/mol. The Kier molecular flexibility index (Phi) is 7.08. The fourth-order valence-corrected chi connectivity index (χ4v) is 6.69. The number of carbonyl (C=O) groups is 3. The van der Waals surface area contributed by atoms with Gasteiger partial charge in [-0.3, -0.25) is 14.4 Å². The zero-order chi connectivity index (χ0) is 25.7. The first-order valence-electron chi connectivity index (χ1n) is 11.9. The molecule has 0 spiro atoms. The molecule has 0 amide bonds. The van der Waals surface area contributed by atoms with Gasteiger partial charge >= 0.3 is 17.9 Å². The van der Waals surface area contributed by atoms with E-state index in [1.807, 2.05) is 27.7 Å². The van der Waals surface area contributed by atoms with Crippen molar-refractivity contribution in [2.45, 2.75) is 98.2 Å². The Morgan fingerprint density at radius 1 is 0.882 bits per heavy atom. The Bertz CT molecular complexity index is 918. The summed E-state index contributed by atoms with van der Waals surface area (Å²) in [5.74, 6) is -2.15. The first-order valence-corrected chi connectivity index (χ1v) is 11.9. The maximum Gasteiger partial charge on any atom is 0.303 e. The molecule has 0 unspecified atom stereocenters. The van der Waals surface area contributed by atoms with Crippen molar-refractivity contribution in [2.75, 3.05) is 0 Å². The number of esters is 3. The van der Waals surface area contributed by atoms with E-state index in [1.165, 1.54) is 20.8 Å². The van der Waals surface area contributed by atoms with Crippen molar-refractivity contribution in [3.8, 4) is 0 Å². The van der Waals surface area contributed by atoms with Gasteiger partial charge in [0.25, 0.3) is 0 Å². The van der Waals surface area contributed by atoms with E-state index >= 15 is 0 Å². The van der Waals surface area contributed by atoms with Crippen LogP contribution >= 0.6 is 0 Å². The van der Waals surface area contributed by atoms with E-state index in [9.17, 15) is 24.6 Å². The van der Waals surface area contributed by atoms with Gasteiger partial charge in [-0.05, 0) is 53.7 Å². The Hall–Kier alpha value is -2.19. The third kappa shape index (κ3) is 4.31. The smallest absolute Gasteiger partial charge is 0.303 e. The maximum atomic E-state index is 12.4. The fourth-order valence-electron chi connectivity index (χ4n) is 6.69. The van der Waals surface area contributed by atoms with Crippen LogP contribution in [-0.4, -0.2) is 58.6 Å². The molecular formula is C26H38O8. The zero-order valence-electron chi connectivity index (χ0n) is 21.2. The number of hydrogen-bond acceptors (Lipinski definition) is 8. The van der Waals surface area contributed by atoms with Crippen LogP contribution in [0.1, 0.15) is 67.7 Å². The highest BCUT2D eigenvalue weighted by Gasteiger charge is 2.63. The molecule has 3 aliphatic carbocycles. The number of hydrogen-bond donors (Lipinski definition) is 2. The number of carbonyl (C=O) groups excluding carboxylic acids is 3. The highest BCUT2D eigenvalue weighted by Crippen LogP contribution is 2.60. The van der Waals surface area contributed by atoms with Gasteiger partial charge in [0.05, 0.1) is 17.6 Å². The van der Waals surface area contributed by atoms with Gasteiger partial charge in [-0.25, -0.2) is 0 Å². The van der Waals surface area contributed by atoms with Crippen LogP contribution in [0.4, 0.5) is 0 Å². The monoisotopic (exact) mass is 478 g/mol. The first-order chi connectivity index (χ1) is 15.6. The summed E-state index contributed by atoms with van der Waals surface area (Å²) >= 11 is 0. The molecule has 2 fully saturated rings. The predicted octanol–water partition coefficient (Wildman–Crippen LogP) is 2.85. The number of aliphatic hydroxyl groups is 2. The minimum Gasteiger partial charge on any atom is -0.462 e. The molecule has 8 heteroatoms. The third-order valence-corrected chi connectivity index (χ3v) is 8.49. The summed E-state index contributed by atoms with van der Waals surface area (Å²) < 4.78 is 17.6. The second kappa shape index (κ2) is 9.11. The molecule has 0 saturated heterocycles. The van der Waals surface area contributed by atoms with Crippen LogP contribution in [0.2, 0.25) is 0 Å². The van der Waals surface area contributed by atoms with Gasteiger partial charge in [0.15, 0.2) is 12.2 Å². The lowest BCUT2D eigenvalue weighted by molar-refractivity contribution is -0.210. The Labute approximate surface area is 201 Å². The normalized spacial score (nSPS) is 39.3. The molecule has 0 aromatic heterocycles. The highest BCUT2D eigenvalue weighted by atomic mass is 16.6. The van der Waals surface area contributed by atoms with Crippen molar-refractivity contribution in [3.05, 3.63) is 23.3 Å². The molecule has 3 rings (SSSR count). The summed E-state index contributed by atoms with van der Waals surface area (Å²) in [6.07, 6.45) is -3.43. The average molecular weight is 479 g/mol. The summed E-state index contributed by atoms with van der Waals surface area (Å²) in [5.41, 5.74) is 0.407. The van der Waals surface area contributed by atoms with Crippen LogP contribution in [0.15, 0.2) is 23.3 Å². The topological polar surface area (TPSA) is 119 Å². The van der Waals surface area contributed by atoms with E-state index in [-0.39, 0.29) is 12.3 Å². The lowest BCUT2D eigenvalue weighted by Crippen LogP contribution is -2.64. The summed E-state index contributed by atoms with van der Waals surface area (Å²) in [6.45, 7) is 15.8. The molecule has 0 aromatic rings. The molecule has 2 N–H and O–H groups in total. The van der Waals surface area contributed by atoms with E-state index in [0.29, 0.717) is 24.0 Å². The molecule has 2 saturated carbocycles. The van der Waals surface area contributed by atoms with Gasteiger partial charge < -0.3 is 24.4 Å². The van der Waals surface area contributed by atoms with Crippen LogP contribution in [-0.2, 0) is 28.6 Å². The lowest BCUT2D eigenvalue weighted by atomic mass is 9.49. The highest BCUT2D eigenvalue weighted by molar-refractivity contribution is 5.68. The van der Waals surface area contributed by atoms with E-state index in [2.05, 4.69) is 6.58 Å². The second-order valence-corrected chi connectivity index (χ2v) is 10.9. The molecule has 8 nitrogen and oxygen atoms in total. The SMILES string of the molecule is C=C1[C@H]2C[C@@H]3C[C@H](O)C(C)=C([C@@H](OC(C)=O)[C@H](OC(C)=O)[C@]2(C)[C@@H](OC(C)=O)C[C@@H]1O)C3(C)C. The predicted molar refractivity (Wildman–Crippen MR) is 123 cm³/mol. The van der Waals surface area contributed by atoms with Crippen LogP contribution in [0.3, 0.4) is 0 Å². The molecule has 0 aliphatic heterocycles. The zero-order valence-corrected chi connectivity index (χ0v) is 21.2. The number of rotatable bonds is 3. The maximum absolute atomic E-state index is 12.4. The first kappa shape index (κ1) is 26.4. The van der Waals surface area contributed by atoms with Gasteiger partial charge in [0, 0.05) is 27.2 Å². The van der Waals surface area contributed by atoms with Gasteiger partial charge in [0.1, 0.15) is 6.10 Å². The number of fused-ring (bicyclic) bond motifs is 3. The molecule has 0 aromatic carbocycles. The molecule has 0 heterocycles. The molecule has 3 aliphatic rings.